The lowest BCUT2D eigenvalue weighted by molar-refractivity contribution is -0.137. The minimum atomic E-state index is -4.55. The highest BCUT2D eigenvalue weighted by Crippen LogP contribution is 2.34. The van der Waals surface area contributed by atoms with Crippen LogP contribution >= 0.6 is 11.3 Å². The highest BCUT2D eigenvalue weighted by atomic mass is 32.1. The number of aliphatic imine (C=N–C) groups is 1. The summed E-state index contributed by atoms with van der Waals surface area (Å²) in [6.45, 7) is -0.550. The molecule has 3 aromatic rings. The quantitative estimate of drug-likeness (QED) is 0.619. The van der Waals surface area contributed by atoms with Gasteiger partial charge < -0.3 is 10.4 Å². The van der Waals surface area contributed by atoms with Crippen LogP contribution in [0.25, 0.3) is 11.6 Å². The van der Waals surface area contributed by atoms with E-state index in [-0.39, 0.29) is 10.6 Å². The number of allylic oxidation sites excluding steroid dienone is 1. The standard InChI is InChI=1S/C21H14F3N3O3S/c22-21(23,24)13-4-3-5-14(9-13)26-18(28)11-27-19(29)17(31-20(27)30)8-12-10-25-16-7-2-1-6-15(12)16/h1-10,29H,11H2,(H,26,28)/b12-8+. The third kappa shape index (κ3) is 4.29. The maximum absolute atomic E-state index is 12.8. The number of rotatable bonds is 4. The summed E-state index contributed by atoms with van der Waals surface area (Å²) in [6, 6.07) is 11.5. The molecule has 0 saturated heterocycles. The fourth-order valence-corrected chi connectivity index (χ4v) is 3.90. The van der Waals surface area contributed by atoms with E-state index in [1.165, 1.54) is 6.07 Å². The molecule has 10 heteroatoms. The van der Waals surface area contributed by atoms with Gasteiger partial charge >= 0.3 is 11.0 Å². The predicted molar refractivity (Wildman–Crippen MR) is 113 cm³/mol. The molecule has 158 valence electrons. The third-order valence-electron chi connectivity index (χ3n) is 4.51. The maximum atomic E-state index is 12.8. The van der Waals surface area contributed by atoms with Crippen LogP contribution in [0.2, 0.25) is 0 Å². The SMILES string of the molecule is O=C(Cn1c(O)c(/C=C2\C=Nc3ccccc32)sc1=O)Nc1cccc(C(F)(F)F)c1. The molecule has 1 aliphatic heterocycles. The molecule has 2 aromatic carbocycles. The van der Waals surface area contributed by atoms with E-state index >= 15 is 0 Å². The summed E-state index contributed by atoms with van der Waals surface area (Å²) < 4.78 is 39.3. The lowest BCUT2D eigenvalue weighted by atomic mass is 10.1. The number of fused-ring (bicyclic) bond motifs is 1. The van der Waals surface area contributed by atoms with Gasteiger partial charge in [-0.25, -0.2) is 0 Å². The number of anilines is 1. The first-order valence-corrected chi connectivity index (χ1v) is 9.79. The highest BCUT2D eigenvalue weighted by molar-refractivity contribution is 7.10. The molecule has 31 heavy (non-hydrogen) atoms. The second-order valence-electron chi connectivity index (χ2n) is 6.64. The normalized spacial score (nSPS) is 14.1. The Morgan fingerprint density at radius 3 is 2.74 bits per heavy atom. The van der Waals surface area contributed by atoms with Gasteiger partial charge in [-0.15, -0.1) is 0 Å². The van der Waals surface area contributed by atoms with Gasteiger partial charge in [0.15, 0.2) is 0 Å². The van der Waals surface area contributed by atoms with Crippen LogP contribution in [0.1, 0.15) is 16.0 Å². The van der Waals surface area contributed by atoms with Crippen molar-refractivity contribution in [3.8, 4) is 5.88 Å². The predicted octanol–water partition coefficient (Wildman–Crippen LogP) is 4.53. The fourth-order valence-electron chi connectivity index (χ4n) is 3.06. The van der Waals surface area contributed by atoms with Gasteiger partial charge in [-0.2, -0.15) is 13.2 Å². The summed E-state index contributed by atoms with van der Waals surface area (Å²) in [5.74, 6) is -1.15. The molecule has 0 saturated carbocycles. The second-order valence-corrected chi connectivity index (χ2v) is 7.64. The molecule has 0 fully saturated rings. The lowest BCUT2D eigenvalue weighted by Crippen LogP contribution is -2.24. The minimum Gasteiger partial charge on any atom is -0.493 e. The maximum Gasteiger partial charge on any atom is 0.416 e. The third-order valence-corrected chi connectivity index (χ3v) is 5.43. The number of nitrogens with zero attached hydrogens (tertiary/aromatic N) is 2. The molecule has 0 aliphatic carbocycles. The lowest BCUT2D eigenvalue weighted by Gasteiger charge is -2.10. The Bertz CT molecular complexity index is 1290. The largest absolute Gasteiger partial charge is 0.493 e. The summed E-state index contributed by atoms with van der Waals surface area (Å²) in [7, 11) is 0. The van der Waals surface area contributed by atoms with Crippen molar-refractivity contribution < 1.29 is 23.1 Å². The van der Waals surface area contributed by atoms with Crippen LogP contribution in [0.5, 0.6) is 5.88 Å². The zero-order valence-electron chi connectivity index (χ0n) is 15.7. The van der Waals surface area contributed by atoms with Gasteiger partial charge in [-0.3, -0.25) is 19.1 Å². The molecule has 0 unspecified atom stereocenters. The topological polar surface area (TPSA) is 83.7 Å². The molecule has 1 aromatic heterocycles. The Morgan fingerprint density at radius 2 is 1.97 bits per heavy atom. The molecule has 4 rings (SSSR count). The zero-order chi connectivity index (χ0) is 22.2. The van der Waals surface area contributed by atoms with Gasteiger partial charge in [-0.05, 0) is 30.3 Å². The first kappa shape index (κ1) is 20.6. The van der Waals surface area contributed by atoms with Crippen LogP contribution in [0, 0.1) is 0 Å². The summed E-state index contributed by atoms with van der Waals surface area (Å²) in [5.41, 5.74) is 1.33. The van der Waals surface area contributed by atoms with Crippen LogP contribution in [-0.4, -0.2) is 21.8 Å². The smallest absolute Gasteiger partial charge is 0.416 e. The molecule has 0 radical (unpaired) electrons. The molecule has 2 heterocycles. The van der Waals surface area contributed by atoms with Crippen LogP contribution in [0.3, 0.4) is 0 Å². The van der Waals surface area contributed by atoms with Crippen LogP contribution < -0.4 is 10.2 Å². The number of hydrogen-bond donors (Lipinski definition) is 2. The van der Waals surface area contributed by atoms with Crippen molar-refractivity contribution in [2.24, 2.45) is 4.99 Å². The van der Waals surface area contributed by atoms with Crippen LogP contribution in [0.4, 0.5) is 24.5 Å². The number of alkyl halides is 3. The van der Waals surface area contributed by atoms with Crippen molar-refractivity contribution in [2.75, 3.05) is 5.32 Å². The number of benzene rings is 2. The Balaban J connectivity index is 1.54. The number of aromatic hydroxyl groups is 1. The number of para-hydroxylation sites is 1. The molecular formula is C21H14F3N3O3S. The molecular weight excluding hydrogens is 431 g/mol. The van der Waals surface area contributed by atoms with Crippen LogP contribution in [-0.2, 0) is 17.5 Å². The Hall–Kier alpha value is -3.66. The Kier molecular flexibility index (Phi) is 5.24. The fraction of sp³-hybridized carbons (Fsp3) is 0.0952. The Morgan fingerprint density at radius 1 is 1.19 bits per heavy atom. The van der Waals surface area contributed by atoms with Crippen molar-refractivity contribution in [1.82, 2.24) is 4.57 Å². The van der Waals surface area contributed by atoms with E-state index < -0.39 is 34.9 Å². The molecule has 6 nitrogen and oxygen atoms in total. The average Bonchev–Trinajstić information content (AvgIpc) is 3.24. The zero-order valence-corrected chi connectivity index (χ0v) is 16.5. The summed E-state index contributed by atoms with van der Waals surface area (Å²) in [4.78, 5) is 28.5. The van der Waals surface area contributed by atoms with Crippen molar-refractivity contribution >= 4 is 46.5 Å². The summed E-state index contributed by atoms with van der Waals surface area (Å²) in [5, 5.41) is 12.8. The summed E-state index contributed by atoms with van der Waals surface area (Å²) >= 11 is 0.747. The van der Waals surface area contributed by atoms with E-state index in [1.807, 2.05) is 24.3 Å². The number of thiazole rings is 1. The molecule has 0 atom stereocenters. The Labute approximate surface area is 177 Å². The van der Waals surface area contributed by atoms with Crippen molar-refractivity contribution in [1.29, 1.82) is 0 Å². The number of amides is 1. The van der Waals surface area contributed by atoms with E-state index in [0.717, 1.165) is 45.4 Å². The van der Waals surface area contributed by atoms with Crippen molar-refractivity contribution in [3.05, 3.63) is 74.2 Å². The number of aromatic nitrogens is 1. The summed E-state index contributed by atoms with van der Waals surface area (Å²) in [6.07, 6.45) is -1.34. The van der Waals surface area contributed by atoms with E-state index in [0.29, 0.717) is 5.57 Å². The van der Waals surface area contributed by atoms with Gasteiger partial charge in [0.05, 0.1) is 16.1 Å². The first-order chi connectivity index (χ1) is 14.7. The number of nitrogens with one attached hydrogen (secondary N) is 1. The van der Waals surface area contributed by atoms with Gasteiger partial charge in [0.1, 0.15) is 6.54 Å². The van der Waals surface area contributed by atoms with Crippen molar-refractivity contribution in [3.63, 3.8) is 0 Å². The minimum absolute atomic E-state index is 0.0660. The molecule has 2 N–H and O–H groups in total. The molecule has 1 amide bonds. The van der Waals surface area contributed by atoms with Gasteiger partial charge in [0.2, 0.25) is 11.8 Å². The average molecular weight is 445 g/mol. The first-order valence-electron chi connectivity index (χ1n) is 8.97. The number of carbonyl (C=O) groups excluding carboxylic acids is 1. The van der Waals surface area contributed by atoms with E-state index in [2.05, 4.69) is 10.3 Å². The molecule has 0 bridgehead atoms. The van der Waals surface area contributed by atoms with E-state index in [1.54, 1.807) is 12.3 Å². The highest BCUT2D eigenvalue weighted by Gasteiger charge is 2.30. The van der Waals surface area contributed by atoms with Gasteiger partial charge in [-0.1, -0.05) is 35.6 Å². The second kappa shape index (κ2) is 7.88. The number of hydrogen-bond acceptors (Lipinski definition) is 5. The number of halogens is 3. The van der Waals surface area contributed by atoms with Crippen LogP contribution in [0.15, 0.2) is 58.3 Å². The monoisotopic (exact) mass is 445 g/mol. The molecule has 1 aliphatic rings. The van der Waals surface area contributed by atoms with E-state index in [4.69, 9.17) is 0 Å². The van der Waals surface area contributed by atoms with Crippen molar-refractivity contribution in [2.45, 2.75) is 12.7 Å². The number of carbonyl (C=O) groups is 1. The molecule has 0 spiro atoms. The van der Waals surface area contributed by atoms with Gasteiger partial charge in [0, 0.05) is 23.0 Å². The van der Waals surface area contributed by atoms with E-state index in [9.17, 15) is 27.9 Å². The van der Waals surface area contributed by atoms with Gasteiger partial charge in [0.25, 0.3) is 0 Å².